The van der Waals surface area contributed by atoms with Gasteiger partial charge in [0.25, 0.3) is 10.1 Å². The van der Waals surface area contributed by atoms with Crippen LogP contribution in [0.3, 0.4) is 0 Å². The van der Waals surface area contributed by atoms with E-state index >= 15 is 0 Å². The van der Waals surface area contributed by atoms with Crippen molar-refractivity contribution in [2.45, 2.75) is 4.90 Å². The van der Waals surface area contributed by atoms with Crippen LogP contribution in [-0.4, -0.2) is 13.0 Å². The molecular weight excluding hydrogens is 233 g/mol. The fraction of sp³-hybridized carbons (Fsp3) is 0. The van der Waals surface area contributed by atoms with Crippen LogP contribution in [-0.2, 0) is 10.1 Å². The van der Waals surface area contributed by atoms with Crippen molar-refractivity contribution in [3.8, 4) is 0 Å². The van der Waals surface area contributed by atoms with Crippen molar-refractivity contribution in [1.82, 2.24) is 0 Å². The third-order valence-electron chi connectivity index (χ3n) is 1.57. The highest BCUT2D eigenvalue weighted by atomic mass is 32.2. The molecule has 1 N–H and O–H groups in total. The van der Waals surface area contributed by atoms with E-state index in [1.807, 2.05) is 0 Å². The molecule has 0 saturated heterocycles. The van der Waals surface area contributed by atoms with Gasteiger partial charge >= 0.3 is 6.08 Å². The Hall–Kier alpha value is -1.34. The number of benzene rings is 1. The third kappa shape index (κ3) is 2.80. The summed E-state index contributed by atoms with van der Waals surface area (Å²) in [5.41, 5.74) is -0.456. The summed E-state index contributed by atoms with van der Waals surface area (Å²) in [6.45, 7) is 0. The van der Waals surface area contributed by atoms with Crippen LogP contribution in [0.25, 0.3) is 5.83 Å². The minimum atomic E-state index is -4.39. The van der Waals surface area contributed by atoms with Gasteiger partial charge in [-0.2, -0.15) is 17.2 Å². The van der Waals surface area contributed by atoms with Crippen molar-refractivity contribution >= 4 is 15.9 Å². The van der Waals surface area contributed by atoms with E-state index in [0.29, 0.717) is 0 Å². The molecular formula is C8H5F3O3S. The zero-order chi connectivity index (χ0) is 11.6. The van der Waals surface area contributed by atoms with Gasteiger partial charge < -0.3 is 0 Å². The van der Waals surface area contributed by atoms with Gasteiger partial charge in [-0.1, -0.05) is 12.1 Å². The molecule has 0 unspecified atom stereocenters. The monoisotopic (exact) mass is 238 g/mol. The number of hydrogen-bond acceptors (Lipinski definition) is 2. The van der Waals surface area contributed by atoms with E-state index in [0.717, 1.165) is 24.3 Å². The second kappa shape index (κ2) is 4.03. The standard InChI is InChI=1S/C8H5F3O3S/c9-7(8(10)11)5-1-3-6(4-2-5)15(12,13)14/h1-4H,(H,12,13,14). The maximum Gasteiger partial charge on any atom is 0.306 e. The summed E-state index contributed by atoms with van der Waals surface area (Å²) in [5.74, 6) is -1.73. The van der Waals surface area contributed by atoms with Crippen molar-refractivity contribution < 1.29 is 26.1 Å². The molecule has 0 amide bonds. The summed E-state index contributed by atoms with van der Waals surface area (Å²) in [6.07, 6.45) is -2.49. The van der Waals surface area contributed by atoms with Crippen LogP contribution in [0.5, 0.6) is 0 Å². The van der Waals surface area contributed by atoms with Crippen molar-refractivity contribution in [3.05, 3.63) is 35.9 Å². The molecule has 0 radical (unpaired) electrons. The van der Waals surface area contributed by atoms with E-state index < -0.39 is 32.5 Å². The Balaban J connectivity index is 3.18. The lowest BCUT2D eigenvalue weighted by atomic mass is 10.2. The molecule has 0 aliphatic carbocycles. The van der Waals surface area contributed by atoms with Gasteiger partial charge in [-0.15, -0.1) is 0 Å². The molecule has 82 valence electrons. The number of hydrogen-bond donors (Lipinski definition) is 1. The number of halogens is 3. The van der Waals surface area contributed by atoms with Gasteiger partial charge in [-0.05, 0) is 12.1 Å². The normalized spacial score (nSPS) is 11.2. The Morgan fingerprint density at radius 1 is 1.07 bits per heavy atom. The molecule has 1 rings (SSSR count). The van der Waals surface area contributed by atoms with Crippen LogP contribution in [0.1, 0.15) is 5.56 Å². The lowest BCUT2D eigenvalue weighted by Crippen LogP contribution is -1.97. The minimum Gasteiger partial charge on any atom is -0.282 e. The van der Waals surface area contributed by atoms with E-state index in [4.69, 9.17) is 4.55 Å². The first-order valence-corrected chi connectivity index (χ1v) is 5.05. The Morgan fingerprint density at radius 2 is 1.53 bits per heavy atom. The van der Waals surface area contributed by atoms with E-state index in [2.05, 4.69) is 0 Å². The first kappa shape index (κ1) is 11.7. The summed E-state index contributed by atoms with van der Waals surface area (Å²) in [5, 5.41) is 0. The van der Waals surface area contributed by atoms with Crippen LogP contribution in [0, 0.1) is 0 Å². The molecule has 7 heteroatoms. The smallest absolute Gasteiger partial charge is 0.282 e. The Bertz CT molecular complexity index is 486. The summed E-state index contributed by atoms with van der Waals surface area (Å²) < 4.78 is 65.8. The van der Waals surface area contributed by atoms with Gasteiger partial charge in [0.1, 0.15) is 0 Å². The van der Waals surface area contributed by atoms with Crippen molar-refractivity contribution in [2.75, 3.05) is 0 Å². The maximum atomic E-state index is 12.6. The van der Waals surface area contributed by atoms with Crippen LogP contribution in [0.15, 0.2) is 35.2 Å². The predicted molar refractivity (Wildman–Crippen MR) is 46.5 cm³/mol. The Labute approximate surface area is 83.6 Å². The van der Waals surface area contributed by atoms with Crippen LogP contribution in [0.4, 0.5) is 13.2 Å². The molecule has 0 aliphatic heterocycles. The van der Waals surface area contributed by atoms with Gasteiger partial charge in [0.2, 0.25) is 0 Å². The maximum absolute atomic E-state index is 12.6. The van der Waals surface area contributed by atoms with Gasteiger partial charge in [-0.25, -0.2) is 4.39 Å². The topological polar surface area (TPSA) is 54.4 Å². The molecule has 0 bridgehead atoms. The molecule has 0 aromatic heterocycles. The lowest BCUT2D eigenvalue weighted by Gasteiger charge is -1.99. The van der Waals surface area contributed by atoms with Crippen LogP contribution >= 0.6 is 0 Å². The summed E-state index contributed by atoms with van der Waals surface area (Å²) >= 11 is 0. The molecule has 0 atom stereocenters. The highest BCUT2D eigenvalue weighted by Crippen LogP contribution is 2.23. The van der Waals surface area contributed by atoms with E-state index in [9.17, 15) is 21.6 Å². The quantitative estimate of drug-likeness (QED) is 0.805. The largest absolute Gasteiger partial charge is 0.306 e. The van der Waals surface area contributed by atoms with E-state index in [-0.39, 0.29) is 0 Å². The first-order chi connectivity index (χ1) is 6.82. The zero-order valence-electron chi connectivity index (χ0n) is 7.12. The van der Waals surface area contributed by atoms with Crippen LogP contribution in [0.2, 0.25) is 0 Å². The van der Waals surface area contributed by atoms with Gasteiger partial charge in [0.15, 0.2) is 5.83 Å². The average Bonchev–Trinajstić information content (AvgIpc) is 2.15. The fourth-order valence-electron chi connectivity index (χ4n) is 0.882. The zero-order valence-corrected chi connectivity index (χ0v) is 7.93. The second-order valence-electron chi connectivity index (χ2n) is 2.57. The SMILES string of the molecule is O=S(=O)(O)c1ccc(C(F)=C(F)F)cc1. The minimum absolute atomic E-state index is 0.456. The molecule has 0 spiro atoms. The molecule has 15 heavy (non-hydrogen) atoms. The van der Waals surface area contributed by atoms with Crippen molar-refractivity contribution in [2.24, 2.45) is 0 Å². The fourth-order valence-corrected chi connectivity index (χ4v) is 1.36. The Morgan fingerprint density at radius 3 is 1.87 bits per heavy atom. The molecule has 0 saturated carbocycles. The highest BCUT2D eigenvalue weighted by Gasteiger charge is 2.12. The van der Waals surface area contributed by atoms with E-state index in [1.165, 1.54) is 0 Å². The van der Waals surface area contributed by atoms with Gasteiger partial charge in [0, 0.05) is 5.56 Å². The van der Waals surface area contributed by atoms with Crippen molar-refractivity contribution in [1.29, 1.82) is 0 Å². The third-order valence-corrected chi connectivity index (χ3v) is 2.44. The summed E-state index contributed by atoms with van der Waals surface area (Å²) in [6, 6.07) is 3.32. The highest BCUT2D eigenvalue weighted by molar-refractivity contribution is 7.85. The first-order valence-electron chi connectivity index (χ1n) is 3.61. The predicted octanol–water partition coefficient (Wildman–Crippen LogP) is 2.47. The lowest BCUT2D eigenvalue weighted by molar-refractivity contribution is 0.410. The van der Waals surface area contributed by atoms with Gasteiger partial charge in [-0.3, -0.25) is 4.55 Å². The van der Waals surface area contributed by atoms with Gasteiger partial charge in [0.05, 0.1) is 4.90 Å². The summed E-state index contributed by atoms with van der Waals surface area (Å²) in [4.78, 5) is -0.488. The average molecular weight is 238 g/mol. The molecule has 1 aromatic rings. The second-order valence-corrected chi connectivity index (χ2v) is 4.00. The number of rotatable bonds is 2. The van der Waals surface area contributed by atoms with Crippen molar-refractivity contribution in [3.63, 3.8) is 0 Å². The molecule has 1 aromatic carbocycles. The molecule has 0 aliphatic rings. The molecule has 0 heterocycles. The Kier molecular flexibility index (Phi) is 3.15. The summed E-state index contributed by atoms with van der Waals surface area (Å²) in [7, 11) is -4.39. The van der Waals surface area contributed by atoms with E-state index in [1.54, 1.807) is 0 Å². The molecule has 3 nitrogen and oxygen atoms in total. The molecule has 0 fully saturated rings. The van der Waals surface area contributed by atoms with Crippen LogP contribution < -0.4 is 0 Å².